The monoisotopic (exact) mass is 463 g/mol. The third-order valence-corrected chi connectivity index (χ3v) is 7.97. The summed E-state index contributed by atoms with van der Waals surface area (Å²) in [6.45, 7) is 3.42. The molecule has 2 aliphatic rings. The first-order valence-corrected chi connectivity index (χ1v) is 12.2. The van der Waals surface area contributed by atoms with E-state index >= 15 is 0 Å². The number of piperazine rings is 1. The van der Waals surface area contributed by atoms with Crippen LogP contribution < -0.4 is 9.64 Å². The Balaban J connectivity index is 1.53. The maximum Gasteiger partial charge on any atom is 0.257 e. The van der Waals surface area contributed by atoms with Crippen LogP contribution in [-0.4, -0.2) is 69.9 Å². The maximum atomic E-state index is 13.3. The molecule has 2 heterocycles. The Morgan fingerprint density at radius 2 is 1.68 bits per heavy atom. The molecule has 0 aromatic heterocycles. The SMILES string of the molecule is COc1ccc(S(=O)(=O)N2CCCC2)cc1C(=O)N1CCN(c2cccc(Cl)c2)CC1. The van der Waals surface area contributed by atoms with Gasteiger partial charge in [0.15, 0.2) is 0 Å². The van der Waals surface area contributed by atoms with Gasteiger partial charge in [0.25, 0.3) is 5.91 Å². The van der Waals surface area contributed by atoms with Crippen LogP contribution in [0.3, 0.4) is 0 Å². The molecule has 7 nitrogen and oxygen atoms in total. The largest absolute Gasteiger partial charge is 0.496 e. The molecule has 2 saturated heterocycles. The smallest absolute Gasteiger partial charge is 0.257 e. The molecular weight excluding hydrogens is 438 g/mol. The van der Waals surface area contributed by atoms with E-state index in [2.05, 4.69) is 4.90 Å². The maximum absolute atomic E-state index is 13.3. The fourth-order valence-electron chi connectivity index (χ4n) is 4.10. The number of benzene rings is 2. The molecule has 0 radical (unpaired) electrons. The van der Waals surface area contributed by atoms with E-state index in [1.54, 1.807) is 11.0 Å². The van der Waals surface area contributed by atoms with E-state index in [-0.39, 0.29) is 16.4 Å². The summed E-state index contributed by atoms with van der Waals surface area (Å²) < 4.78 is 32.8. The number of methoxy groups -OCH3 is 1. The van der Waals surface area contributed by atoms with Crippen molar-refractivity contribution < 1.29 is 17.9 Å². The highest BCUT2D eigenvalue weighted by Gasteiger charge is 2.30. The summed E-state index contributed by atoms with van der Waals surface area (Å²) in [5.41, 5.74) is 1.30. The van der Waals surface area contributed by atoms with E-state index in [4.69, 9.17) is 16.3 Å². The highest BCUT2D eigenvalue weighted by atomic mass is 35.5. The Morgan fingerprint density at radius 1 is 0.968 bits per heavy atom. The van der Waals surface area contributed by atoms with Crippen molar-refractivity contribution in [3.8, 4) is 5.75 Å². The van der Waals surface area contributed by atoms with Crippen molar-refractivity contribution in [2.75, 3.05) is 51.3 Å². The number of halogens is 1. The minimum absolute atomic E-state index is 0.135. The van der Waals surface area contributed by atoms with Crippen LogP contribution in [-0.2, 0) is 10.0 Å². The Labute approximate surface area is 188 Å². The molecule has 0 saturated carbocycles. The number of amides is 1. The molecule has 0 aliphatic carbocycles. The minimum Gasteiger partial charge on any atom is -0.496 e. The first kappa shape index (κ1) is 21.9. The zero-order valence-electron chi connectivity index (χ0n) is 17.5. The Kier molecular flexibility index (Phi) is 6.41. The quantitative estimate of drug-likeness (QED) is 0.681. The number of anilines is 1. The van der Waals surface area contributed by atoms with Gasteiger partial charge in [-0.3, -0.25) is 4.79 Å². The van der Waals surface area contributed by atoms with E-state index in [1.807, 2.05) is 24.3 Å². The van der Waals surface area contributed by atoms with Crippen LogP contribution in [0.1, 0.15) is 23.2 Å². The summed E-state index contributed by atoms with van der Waals surface area (Å²) in [4.78, 5) is 17.3. The van der Waals surface area contributed by atoms with Gasteiger partial charge in [0.1, 0.15) is 5.75 Å². The lowest BCUT2D eigenvalue weighted by atomic mass is 10.1. The number of ether oxygens (including phenoxy) is 1. The molecule has 166 valence electrons. The van der Waals surface area contributed by atoms with Crippen molar-refractivity contribution in [1.82, 2.24) is 9.21 Å². The lowest BCUT2D eigenvalue weighted by Gasteiger charge is -2.36. The van der Waals surface area contributed by atoms with Gasteiger partial charge in [-0.05, 0) is 49.2 Å². The van der Waals surface area contributed by atoms with Crippen molar-refractivity contribution >= 4 is 33.2 Å². The van der Waals surface area contributed by atoms with Crippen molar-refractivity contribution in [3.05, 3.63) is 53.1 Å². The van der Waals surface area contributed by atoms with Gasteiger partial charge in [-0.15, -0.1) is 0 Å². The molecule has 2 aromatic carbocycles. The van der Waals surface area contributed by atoms with Gasteiger partial charge in [0, 0.05) is 50.0 Å². The molecule has 0 atom stereocenters. The number of hydrogen-bond acceptors (Lipinski definition) is 5. The highest BCUT2D eigenvalue weighted by molar-refractivity contribution is 7.89. The molecule has 0 N–H and O–H groups in total. The van der Waals surface area contributed by atoms with E-state index in [9.17, 15) is 13.2 Å². The van der Waals surface area contributed by atoms with Crippen LogP contribution in [0.25, 0.3) is 0 Å². The van der Waals surface area contributed by atoms with Gasteiger partial charge in [-0.1, -0.05) is 17.7 Å². The second-order valence-corrected chi connectivity index (χ2v) is 10.1. The van der Waals surface area contributed by atoms with Gasteiger partial charge in [0.2, 0.25) is 10.0 Å². The lowest BCUT2D eigenvalue weighted by Crippen LogP contribution is -2.48. The second kappa shape index (κ2) is 9.06. The summed E-state index contributed by atoms with van der Waals surface area (Å²) in [7, 11) is -2.13. The van der Waals surface area contributed by atoms with Gasteiger partial charge >= 0.3 is 0 Å². The van der Waals surface area contributed by atoms with Gasteiger partial charge in [-0.2, -0.15) is 4.31 Å². The molecular formula is C22H26ClN3O4S. The fraction of sp³-hybridized carbons (Fsp3) is 0.409. The van der Waals surface area contributed by atoms with Gasteiger partial charge in [-0.25, -0.2) is 8.42 Å². The number of rotatable bonds is 5. The number of nitrogens with zero attached hydrogens (tertiary/aromatic N) is 3. The normalized spacial score (nSPS) is 17.7. The van der Waals surface area contributed by atoms with Crippen molar-refractivity contribution in [2.45, 2.75) is 17.7 Å². The molecule has 2 fully saturated rings. The van der Waals surface area contributed by atoms with Crippen LogP contribution in [0.15, 0.2) is 47.4 Å². The molecule has 0 spiro atoms. The summed E-state index contributed by atoms with van der Waals surface area (Å²) in [6, 6.07) is 12.2. The standard InChI is InChI=1S/C22H26ClN3O4S/c1-30-21-8-7-19(31(28,29)26-9-2-3-10-26)16-20(21)22(27)25-13-11-24(12-14-25)18-6-4-5-17(23)15-18/h4-8,15-16H,2-3,9-14H2,1H3. The Hall–Kier alpha value is -2.29. The highest BCUT2D eigenvalue weighted by Crippen LogP contribution is 2.28. The van der Waals surface area contributed by atoms with Gasteiger partial charge in [0.05, 0.1) is 17.6 Å². The zero-order chi connectivity index (χ0) is 22.0. The predicted molar refractivity (Wildman–Crippen MR) is 121 cm³/mol. The Morgan fingerprint density at radius 3 is 2.32 bits per heavy atom. The van der Waals surface area contributed by atoms with Crippen molar-refractivity contribution in [3.63, 3.8) is 0 Å². The lowest BCUT2D eigenvalue weighted by molar-refractivity contribution is 0.0743. The minimum atomic E-state index is -3.61. The van der Waals surface area contributed by atoms with Crippen molar-refractivity contribution in [2.24, 2.45) is 0 Å². The van der Waals surface area contributed by atoms with E-state index in [1.165, 1.54) is 23.5 Å². The van der Waals surface area contributed by atoms with Crippen molar-refractivity contribution in [1.29, 1.82) is 0 Å². The van der Waals surface area contributed by atoms with Crippen LogP contribution in [0, 0.1) is 0 Å². The topological polar surface area (TPSA) is 70.2 Å². The molecule has 31 heavy (non-hydrogen) atoms. The summed E-state index contributed by atoms with van der Waals surface area (Å²) in [6.07, 6.45) is 1.72. The first-order valence-electron chi connectivity index (χ1n) is 10.4. The van der Waals surface area contributed by atoms with Crippen LogP contribution in [0.4, 0.5) is 5.69 Å². The molecule has 1 amide bonds. The number of carbonyl (C=O) groups excluding carboxylic acids is 1. The zero-order valence-corrected chi connectivity index (χ0v) is 19.0. The summed E-state index contributed by atoms with van der Waals surface area (Å²) in [5, 5.41) is 0.678. The third kappa shape index (κ3) is 4.51. The first-order chi connectivity index (χ1) is 14.9. The van der Waals surface area contributed by atoms with Crippen LogP contribution in [0.2, 0.25) is 5.02 Å². The molecule has 2 aliphatic heterocycles. The number of carbonyl (C=O) groups is 1. The predicted octanol–water partition coefficient (Wildman–Crippen LogP) is 3.10. The van der Waals surface area contributed by atoms with Crippen LogP contribution >= 0.6 is 11.6 Å². The average molecular weight is 464 g/mol. The number of sulfonamides is 1. The molecule has 2 aromatic rings. The van der Waals surface area contributed by atoms with E-state index in [0.29, 0.717) is 50.0 Å². The Bertz CT molecular complexity index is 1060. The molecule has 9 heteroatoms. The molecule has 0 bridgehead atoms. The van der Waals surface area contributed by atoms with E-state index in [0.717, 1.165) is 18.5 Å². The van der Waals surface area contributed by atoms with Gasteiger partial charge < -0.3 is 14.5 Å². The average Bonchev–Trinajstić information content (AvgIpc) is 3.34. The summed E-state index contributed by atoms with van der Waals surface area (Å²) >= 11 is 6.10. The summed E-state index contributed by atoms with van der Waals surface area (Å²) in [5.74, 6) is 0.156. The van der Waals surface area contributed by atoms with Crippen LogP contribution in [0.5, 0.6) is 5.75 Å². The second-order valence-electron chi connectivity index (χ2n) is 7.73. The molecule has 0 unspecified atom stereocenters. The third-order valence-electron chi connectivity index (χ3n) is 5.84. The van der Waals surface area contributed by atoms with E-state index < -0.39 is 10.0 Å². The fourth-order valence-corrected chi connectivity index (χ4v) is 5.83. The number of hydrogen-bond donors (Lipinski definition) is 0. The molecule has 4 rings (SSSR count).